The first-order chi connectivity index (χ1) is 8.55. The van der Waals surface area contributed by atoms with E-state index in [9.17, 15) is 9.36 Å². The van der Waals surface area contributed by atoms with E-state index in [4.69, 9.17) is 9.79 Å². The third-order valence-corrected chi connectivity index (χ3v) is 2.95. The van der Waals surface area contributed by atoms with Crippen molar-refractivity contribution in [3.05, 3.63) is 66.2 Å². The van der Waals surface area contributed by atoms with Crippen LogP contribution in [0.5, 0.6) is 0 Å². The van der Waals surface area contributed by atoms with Crippen LogP contribution in [-0.2, 0) is 42.1 Å². The molecule has 2 rings (SSSR count). The van der Waals surface area contributed by atoms with Crippen molar-refractivity contribution in [1.82, 2.24) is 0 Å². The predicted octanol–water partition coefficient (Wildman–Crippen LogP) is 1.43. The van der Waals surface area contributed by atoms with E-state index in [1.165, 1.54) is 30.6 Å². The molecule has 0 heterocycles. The molecular weight excluding hydrogens is 340 g/mol. The summed E-state index contributed by atoms with van der Waals surface area (Å²) in [5.41, 5.74) is -0.0918. The first-order valence-corrected chi connectivity index (χ1v) is 6.61. The van der Waals surface area contributed by atoms with Crippen LogP contribution in [0.3, 0.4) is 0 Å². The van der Waals surface area contributed by atoms with Crippen molar-refractivity contribution in [2.45, 2.75) is 0 Å². The molecule has 0 spiro atoms. The van der Waals surface area contributed by atoms with Gasteiger partial charge in [-0.2, -0.15) is 42.5 Å². The predicted molar refractivity (Wildman–Crippen MR) is 68.2 cm³/mol. The van der Waals surface area contributed by atoms with Crippen LogP contribution in [0.15, 0.2) is 54.6 Å². The average molecular weight is 351 g/mol. The van der Waals surface area contributed by atoms with Crippen LogP contribution in [0, 0.1) is 6.07 Å². The number of hydrogen-bond donors (Lipinski definition) is 2. The third-order valence-electron chi connectivity index (χ3n) is 1.93. The molecule has 97 valence electrons. The SMILES string of the molecule is O=[C-]c1ccccc1P(=O)(O)O.[Y].[c-]1ccccc1. The number of benzene rings is 2. The Morgan fingerprint density at radius 1 is 1.00 bits per heavy atom. The summed E-state index contributed by atoms with van der Waals surface area (Å²) in [6.45, 7) is 0. The van der Waals surface area contributed by atoms with Crippen LogP contribution in [0.25, 0.3) is 0 Å². The molecule has 2 aromatic carbocycles. The van der Waals surface area contributed by atoms with Gasteiger partial charge in [-0.05, 0) is 5.30 Å². The molecule has 0 bridgehead atoms. The summed E-state index contributed by atoms with van der Waals surface area (Å²) in [5.74, 6) is 0. The molecule has 0 saturated heterocycles. The quantitative estimate of drug-likeness (QED) is 0.634. The fraction of sp³-hybridized carbons (Fsp3) is 0. The van der Waals surface area contributed by atoms with Crippen molar-refractivity contribution >= 4 is 19.2 Å². The Kier molecular flexibility index (Phi) is 8.99. The normalized spacial score (nSPS) is 9.58. The molecule has 2 N–H and O–H groups in total. The van der Waals surface area contributed by atoms with Crippen molar-refractivity contribution in [2.75, 3.05) is 0 Å². The molecule has 0 aromatic heterocycles. The molecule has 0 aliphatic heterocycles. The van der Waals surface area contributed by atoms with Gasteiger partial charge in [-0.25, -0.2) is 0 Å². The molecule has 2 aromatic rings. The molecule has 0 unspecified atom stereocenters. The zero-order valence-corrected chi connectivity index (χ0v) is 13.7. The minimum Gasteiger partial charge on any atom is -0.376 e. The van der Waals surface area contributed by atoms with Crippen molar-refractivity contribution in [3.8, 4) is 0 Å². The second-order valence-corrected chi connectivity index (χ2v) is 4.81. The molecule has 0 saturated carbocycles. The van der Waals surface area contributed by atoms with Gasteiger partial charge in [0.15, 0.2) is 0 Å². The maximum absolute atomic E-state index is 10.7. The van der Waals surface area contributed by atoms with Gasteiger partial charge in [0.25, 0.3) is 0 Å². The average Bonchev–Trinajstić information content (AvgIpc) is 2.40. The van der Waals surface area contributed by atoms with Gasteiger partial charge in [-0.15, -0.1) is 17.7 Å². The molecule has 1 radical (unpaired) electrons. The molecule has 0 fully saturated rings. The van der Waals surface area contributed by atoms with Crippen LogP contribution in [0.4, 0.5) is 0 Å². The monoisotopic (exact) mass is 351 g/mol. The fourth-order valence-corrected chi connectivity index (χ4v) is 1.87. The van der Waals surface area contributed by atoms with Crippen LogP contribution in [-0.4, -0.2) is 16.1 Å². The van der Waals surface area contributed by atoms with Gasteiger partial charge in [0.05, 0.1) is 6.29 Å². The van der Waals surface area contributed by atoms with Crippen LogP contribution in [0.2, 0.25) is 0 Å². The first-order valence-electron chi connectivity index (χ1n) is 5.00. The van der Waals surface area contributed by atoms with Gasteiger partial charge in [-0.1, -0.05) is 6.07 Å². The third kappa shape index (κ3) is 6.90. The number of hydrogen-bond acceptors (Lipinski definition) is 2. The summed E-state index contributed by atoms with van der Waals surface area (Å²) in [6, 6.07) is 18.0. The zero-order chi connectivity index (χ0) is 13.4. The van der Waals surface area contributed by atoms with E-state index in [0.717, 1.165) is 0 Å². The van der Waals surface area contributed by atoms with Gasteiger partial charge < -0.3 is 14.6 Å². The summed E-state index contributed by atoms with van der Waals surface area (Å²) in [6.07, 6.45) is 1.46. The summed E-state index contributed by atoms with van der Waals surface area (Å²) in [7, 11) is -4.33. The Morgan fingerprint density at radius 2 is 1.58 bits per heavy atom. The maximum Gasteiger partial charge on any atom is 0.304 e. The molecule has 0 aliphatic carbocycles. The largest absolute Gasteiger partial charge is 0.376 e. The molecule has 4 nitrogen and oxygen atoms in total. The Hall–Kier alpha value is -0.636. The smallest absolute Gasteiger partial charge is 0.304 e. The van der Waals surface area contributed by atoms with Gasteiger partial charge in [0.2, 0.25) is 0 Å². The van der Waals surface area contributed by atoms with Crippen molar-refractivity contribution in [2.24, 2.45) is 0 Å². The number of carbonyl (C=O) groups excluding carboxylic acids is 1. The van der Waals surface area contributed by atoms with E-state index in [1.54, 1.807) is 0 Å². The maximum atomic E-state index is 10.7. The zero-order valence-electron chi connectivity index (χ0n) is 9.93. The van der Waals surface area contributed by atoms with Crippen LogP contribution < -0.4 is 5.30 Å². The second kappa shape index (κ2) is 9.30. The summed E-state index contributed by atoms with van der Waals surface area (Å²) < 4.78 is 10.7. The van der Waals surface area contributed by atoms with E-state index >= 15 is 0 Å². The molecule has 0 aliphatic rings. The van der Waals surface area contributed by atoms with Crippen molar-refractivity contribution < 1.29 is 51.9 Å². The standard InChI is InChI=1S/C7H6O4P.C6H5.Y/c8-5-6-3-1-2-4-7(6)12(9,10)11;1-2-4-6-5-3-1;/h1-4H,(H2,9,10,11);1-5H;/q2*-1;. The Balaban J connectivity index is 0.000000392. The van der Waals surface area contributed by atoms with E-state index in [-0.39, 0.29) is 43.6 Å². The Labute approximate surface area is 136 Å². The number of rotatable bonds is 2. The van der Waals surface area contributed by atoms with E-state index in [0.29, 0.717) is 0 Å². The van der Waals surface area contributed by atoms with Gasteiger partial charge in [0.1, 0.15) is 0 Å². The Bertz CT molecular complexity index is 513. The molecule has 19 heavy (non-hydrogen) atoms. The van der Waals surface area contributed by atoms with E-state index in [2.05, 4.69) is 6.07 Å². The summed E-state index contributed by atoms with van der Waals surface area (Å²) in [5, 5.41) is -0.278. The topological polar surface area (TPSA) is 74.6 Å². The van der Waals surface area contributed by atoms with E-state index < -0.39 is 7.60 Å². The first kappa shape index (κ1) is 18.4. The van der Waals surface area contributed by atoms with Crippen molar-refractivity contribution in [3.63, 3.8) is 0 Å². The van der Waals surface area contributed by atoms with Gasteiger partial charge in [0, 0.05) is 32.7 Å². The van der Waals surface area contributed by atoms with Gasteiger partial charge >= 0.3 is 7.60 Å². The van der Waals surface area contributed by atoms with Crippen LogP contribution in [0.1, 0.15) is 5.56 Å². The molecule has 0 amide bonds. The molecular formula is C13H11O4PY-2. The summed E-state index contributed by atoms with van der Waals surface area (Å²) in [4.78, 5) is 27.7. The van der Waals surface area contributed by atoms with E-state index in [1.807, 2.05) is 30.3 Å². The second-order valence-electron chi connectivity index (χ2n) is 3.24. The summed E-state index contributed by atoms with van der Waals surface area (Å²) >= 11 is 0. The van der Waals surface area contributed by atoms with Crippen LogP contribution >= 0.6 is 7.60 Å². The minimum absolute atomic E-state index is 0. The fourth-order valence-electron chi connectivity index (χ4n) is 1.16. The minimum atomic E-state index is -4.33. The molecule has 6 heteroatoms. The van der Waals surface area contributed by atoms with Gasteiger partial charge in [-0.3, -0.25) is 4.57 Å². The van der Waals surface area contributed by atoms with Crippen molar-refractivity contribution in [1.29, 1.82) is 0 Å². The Morgan fingerprint density at radius 3 is 1.89 bits per heavy atom. The molecule has 0 atom stereocenters.